The molecule has 2 atom stereocenters. The van der Waals surface area contributed by atoms with E-state index in [1.54, 1.807) is 0 Å². The summed E-state index contributed by atoms with van der Waals surface area (Å²) in [4.78, 5) is 0. The van der Waals surface area contributed by atoms with Crippen LogP contribution in [0.25, 0.3) is 0 Å². The van der Waals surface area contributed by atoms with Crippen LogP contribution >= 0.6 is 0 Å². The van der Waals surface area contributed by atoms with E-state index in [1.165, 1.54) is 51.4 Å². The first-order chi connectivity index (χ1) is 7.11. The third kappa shape index (κ3) is 2.38. The van der Waals surface area contributed by atoms with Gasteiger partial charge < -0.3 is 5.73 Å². The predicted molar refractivity (Wildman–Crippen MR) is 65.7 cm³/mol. The van der Waals surface area contributed by atoms with Crippen molar-refractivity contribution in [1.82, 2.24) is 0 Å². The summed E-state index contributed by atoms with van der Waals surface area (Å²) >= 11 is 0. The molecule has 0 amide bonds. The van der Waals surface area contributed by atoms with Gasteiger partial charge in [-0.1, -0.05) is 39.5 Å². The van der Waals surface area contributed by atoms with E-state index in [0.29, 0.717) is 11.5 Å². The summed E-state index contributed by atoms with van der Waals surface area (Å²) < 4.78 is 0. The zero-order valence-electron chi connectivity index (χ0n) is 10.5. The maximum Gasteiger partial charge on any atom is 0.0101 e. The van der Waals surface area contributed by atoms with E-state index in [1.807, 2.05) is 0 Å². The minimum Gasteiger partial charge on any atom is -0.327 e. The van der Waals surface area contributed by atoms with E-state index < -0.39 is 0 Å². The van der Waals surface area contributed by atoms with Crippen molar-refractivity contribution in [2.45, 2.75) is 71.3 Å². The lowest BCUT2D eigenvalue weighted by Gasteiger charge is -2.44. The third-order valence-electron chi connectivity index (χ3n) is 5.00. The molecule has 0 aromatic heterocycles. The van der Waals surface area contributed by atoms with Crippen molar-refractivity contribution in [2.75, 3.05) is 0 Å². The standard InChI is InChI=1S/C14H27N/c1-14(2)10-6-5-9-12(14)13(15)11-7-3-4-8-11/h11-13H,3-10,15H2,1-2H3. The molecule has 2 rings (SSSR count). The van der Waals surface area contributed by atoms with E-state index in [2.05, 4.69) is 13.8 Å². The Hall–Kier alpha value is -0.0400. The fraction of sp³-hybridized carbons (Fsp3) is 1.00. The second-order valence-corrected chi connectivity index (χ2v) is 6.46. The smallest absolute Gasteiger partial charge is 0.0101 e. The van der Waals surface area contributed by atoms with Crippen LogP contribution in [0.15, 0.2) is 0 Å². The van der Waals surface area contributed by atoms with Crippen molar-refractivity contribution in [1.29, 1.82) is 0 Å². The van der Waals surface area contributed by atoms with Gasteiger partial charge in [0.1, 0.15) is 0 Å². The zero-order chi connectivity index (χ0) is 10.9. The molecule has 0 saturated heterocycles. The molecular weight excluding hydrogens is 182 g/mol. The van der Waals surface area contributed by atoms with E-state index >= 15 is 0 Å². The van der Waals surface area contributed by atoms with Crippen molar-refractivity contribution in [3.8, 4) is 0 Å². The molecule has 0 radical (unpaired) electrons. The normalized spacial score (nSPS) is 34.2. The van der Waals surface area contributed by atoms with Crippen LogP contribution in [0, 0.1) is 17.3 Å². The number of nitrogens with two attached hydrogens (primary N) is 1. The van der Waals surface area contributed by atoms with Gasteiger partial charge in [0.25, 0.3) is 0 Å². The van der Waals surface area contributed by atoms with Gasteiger partial charge in [0, 0.05) is 6.04 Å². The molecule has 0 bridgehead atoms. The fourth-order valence-electron chi connectivity index (χ4n) is 3.91. The van der Waals surface area contributed by atoms with Gasteiger partial charge in [-0.2, -0.15) is 0 Å². The molecule has 2 N–H and O–H groups in total. The molecule has 0 heterocycles. The topological polar surface area (TPSA) is 26.0 Å². The minimum absolute atomic E-state index is 0.489. The summed E-state index contributed by atoms with van der Waals surface area (Å²) in [6.07, 6.45) is 11.2. The van der Waals surface area contributed by atoms with Gasteiger partial charge in [0.05, 0.1) is 0 Å². The SMILES string of the molecule is CC1(C)CCCCC1C(N)C1CCCC1. The average Bonchev–Trinajstić information content (AvgIpc) is 2.69. The maximum atomic E-state index is 6.53. The largest absolute Gasteiger partial charge is 0.327 e. The van der Waals surface area contributed by atoms with Gasteiger partial charge in [-0.25, -0.2) is 0 Å². The summed E-state index contributed by atoms with van der Waals surface area (Å²) in [5.74, 6) is 1.63. The van der Waals surface area contributed by atoms with Gasteiger partial charge in [-0.05, 0) is 42.9 Å². The lowest BCUT2D eigenvalue weighted by molar-refractivity contribution is 0.0908. The van der Waals surface area contributed by atoms with Crippen molar-refractivity contribution in [3.63, 3.8) is 0 Å². The average molecular weight is 209 g/mol. The Balaban J connectivity index is 2.00. The Bertz CT molecular complexity index is 203. The van der Waals surface area contributed by atoms with Crippen LogP contribution < -0.4 is 5.73 Å². The number of hydrogen-bond acceptors (Lipinski definition) is 1. The first kappa shape index (κ1) is 11.4. The van der Waals surface area contributed by atoms with E-state index in [-0.39, 0.29) is 0 Å². The highest BCUT2D eigenvalue weighted by Gasteiger charge is 2.39. The molecule has 2 unspecified atom stereocenters. The van der Waals surface area contributed by atoms with E-state index in [9.17, 15) is 0 Å². The Morgan fingerprint density at radius 1 is 1.00 bits per heavy atom. The monoisotopic (exact) mass is 209 g/mol. The van der Waals surface area contributed by atoms with Crippen LogP contribution in [-0.2, 0) is 0 Å². The Kier molecular flexibility index (Phi) is 3.39. The second-order valence-electron chi connectivity index (χ2n) is 6.46. The molecule has 2 aliphatic carbocycles. The molecule has 1 heteroatoms. The summed E-state index contributed by atoms with van der Waals surface area (Å²) in [7, 11) is 0. The van der Waals surface area contributed by atoms with Crippen molar-refractivity contribution in [2.24, 2.45) is 23.0 Å². The van der Waals surface area contributed by atoms with Gasteiger partial charge in [-0.15, -0.1) is 0 Å². The van der Waals surface area contributed by atoms with Crippen molar-refractivity contribution < 1.29 is 0 Å². The molecule has 15 heavy (non-hydrogen) atoms. The van der Waals surface area contributed by atoms with E-state index in [0.717, 1.165) is 11.8 Å². The molecular formula is C14H27N. The fourth-order valence-corrected chi connectivity index (χ4v) is 3.91. The van der Waals surface area contributed by atoms with Crippen LogP contribution in [0.5, 0.6) is 0 Å². The highest BCUT2D eigenvalue weighted by Crippen LogP contribution is 2.45. The number of rotatable bonds is 2. The molecule has 2 saturated carbocycles. The van der Waals surface area contributed by atoms with Crippen molar-refractivity contribution >= 4 is 0 Å². The predicted octanol–water partition coefficient (Wildman–Crippen LogP) is 3.72. The Morgan fingerprint density at radius 3 is 2.20 bits per heavy atom. The zero-order valence-corrected chi connectivity index (χ0v) is 10.5. The Labute approximate surface area is 94.8 Å². The molecule has 2 aliphatic rings. The number of hydrogen-bond donors (Lipinski definition) is 1. The lowest BCUT2D eigenvalue weighted by Crippen LogP contribution is -2.45. The minimum atomic E-state index is 0.489. The lowest BCUT2D eigenvalue weighted by atomic mass is 9.64. The summed E-state index contributed by atoms with van der Waals surface area (Å²) in [5.41, 5.74) is 7.03. The van der Waals surface area contributed by atoms with Gasteiger partial charge in [-0.3, -0.25) is 0 Å². The first-order valence-electron chi connectivity index (χ1n) is 6.87. The summed E-state index contributed by atoms with van der Waals surface area (Å²) in [5, 5.41) is 0. The molecule has 0 aromatic carbocycles. The van der Waals surface area contributed by atoms with Gasteiger partial charge >= 0.3 is 0 Å². The van der Waals surface area contributed by atoms with Crippen molar-refractivity contribution in [3.05, 3.63) is 0 Å². The first-order valence-corrected chi connectivity index (χ1v) is 6.87. The highest BCUT2D eigenvalue weighted by atomic mass is 14.7. The molecule has 0 spiro atoms. The van der Waals surface area contributed by atoms with Gasteiger partial charge in [0.15, 0.2) is 0 Å². The summed E-state index contributed by atoms with van der Waals surface area (Å²) in [6.45, 7) is 4.87. The Morgan fingerprint density at radius 2 is 1.60 bits per heavy atom. The second kappa shape index (κ2) is 4.45. The maximum absolute atomic E-state index is 6.53. The molecule has 2 fully saturated rings. The third-order valence-corrected chi connectivity index (χ3v) is 5.00. The van der Waals surface area contributed by atoms with Crippen LogP contribution in [0.4, 0.5) is 0 Å². The van der Waals surface area contributed by atoms with Gasteiger partial charge in [0.2, 0.25) is 0 Å². The quantitative estimate of drug-likeness (QED) is 0.737. The van der Waals surface area contributed by atoms with Crippen LogP contribution in [0.3, 0.4) is 0 Å². The van der Waals surface area contributed by atoms with E-state index in [4.69, 9.17) is 5.73 Å². The molecule has 0 aliphatic heterocycles. The molecule has 88 valence electrons. The van der Waals surface area contributed by atoms with Crippen LogP contribution in [0.2, 0.25) is 0 Å². The van der Waals surface area contributed by atoms with Crippen LogP contribution in [0.1, 0.15) is 65.2 Å². The van der Waals surface area contributed by atoms with Crippen LogP contribution in [-0.4, -0.2) is 6.04 Å². The summed E-state index contributed by atoms with van der Waals surface area (Å²) in [6, 6.07) is 0.489. The highest BCUT2D eigenvalue weighted by molar-refractivity contribution is 4.92. The molecule has 1 nitrogen and oxygen atoms in total. The molecule has 0 aromatic rings.